The lowest BCUT2D eigenvalue weighted by Crippen LogP contribution is -2.19. The van der Waals surface area contributed by atoms with Crippen LogP contribution in [0.5, 0.6) is 0 Å². The number of hydrogen-bond donors (Lipinski definition) is 0. The normalized spacial score (nSPS) is 22.6. The van der Waals surface area contributed by atoms with Gasteiger partial charge in [0.1, 0.15) is 12.4 Å². The van der Waals surface area contributed by atoms with Crippen LogP contribution in [-0.4, -0.2) is 18.4 Å². The van der Waals surface area contributed by atoms with Crippen LogP contribution in [0.4, 0.5) is 0 Å². The summed E-state index contributed by atoms with van der Waals surface area (Å²) in [7, 11) is 0. The van der Waals surface area contributed by atoms with Gasteiger partial charge in [-0.25, -0.2) is 0 Å². The largest absolute Gasteiger partial charge is 0.465 e. The Labute approximate surface area is 115 Å². The van der Waals surface area contributed by atoms with E-state index in [9.17, 15) is 9.59 Å². The molecule has 0 spiro atoms. The molecule has 3 heteroatoms. The van der Waals surface area contributed by atoms with Gasteiger partial charge in [-0.2, -0.15) is 0 Å². The molecule has 0 aromatic carbocycles. The lowest BCUT2D eigenvalue weighted by Gasteiger charge is -2.15. The third kappa shape index (κ3) is 5.30. The molecular formula is C16H22O3. The number of ether oxygens (including phenoxy) is 1. The summed E-state index contributed by atoms with van der Waals surface area (Å²) in [4.78, 5) is 23.4. The third-order valence-corrected chi connectivity index (χ3v) is 3.47. The highest BCUT2D eigenvalue weighted by atomic mass is 16.5. The molecule has 19 heavy (non-hydrogen) atoms. The lowest BCUT2D eigenvalue weighted by molar-refractivity contribution is -0.144. The van der Waals surface area contributed by atoms with Crippen LogP contribution in [0, 0.1) is 24.2 Å². The van der Waals surface area contributed by atoms with Gasteiger partial charge in [0.2, 0.25) is 0 Å². The number of ketones is 1. The molecule has 1 rings (SSSR count). The highest BCUT2D eigenvalue weighted by Gasteiger charge is 2.35. The molecule has 1 aliphatic carbocycles. The molecule has 0 amide bonds. The fraction of sp³-hybridized carbons (Fsp3) is 0.625. The van der Waals surface area contributed by atoms with E-state index in [0.717, 1.165) is 19.3 Å². The first kappa shape index (κ1) is 15.5. The molecule has 1 fully saturated rings. The Morgan fingerprint density at radius 3 is 3.00 bits per heavy atom. The zero-order valence-electron chi connectivity index (χ0n) is 11.6. The van der Waals surface area contributed by atoms with Crippen molar-refractivity contribution in [3.8, 4) is 12.3 Å². The van der Waals surface area contributed by atoms with E-state index in [1.807, 2.05) is 6.08 Å². The Kier molecular flexibility index (Phi) is 6.95. The van der Waals surface area contributed by atoms with E-state index in [2.05, 4.69) is 18.9 Å². The second-order valence-electron chi connectivity index (χ2n) is 4.87. The monoisotopic (exact) mass is 262 g/mol. The van der Waals surface area contributed by atoms with E-state index in [1.54, 1.807) is 0 Å². The summed E-state index contributed by atoms with van der Waals surface area (Å²) < 4.78 is 5.04. The van der Waals surface area contributed by atoms with Crippen molar-refractivity contribution in [2.75, 3.05) is 6.61 Å². The molecule has 104 valence electrons. The Morgan fingerprint density at radius 2 is 2.32 bits per heavy atom. The van der Waals surface area contributed by atoms with Gasteiger partial charge in [-0.05, 0) is 25.2 Å². The Morgan fingerprint density at radius 1 is 1.53 bits per heavy atom. The first-order valence-electron chi connectivity index (χ1n) is 6.95. The molecule has 3 nitrogen and oxygen atoms in total. The fourth-order valence-corrected chi connectivity index (χ4v) is 2.45. The number of allylic oxidation sites excluding steroid dienone is 2. The van der Waals surface area contributed by atoms with E-state index in [4.69, 9.17) is 11.2 Å². The first-order valence-corrected chi connectivity index (χ1v) is 6.95. The molecule has 2 unspecified atom stereocenters. The summed E-state index contributed by atoms with van der Waals surface area (Å²) >= 11 is 0. The molecule has 0 bridgehead atoms. The molecular weight excluding hydrogens is 240 g/mol. The molecule has 0 aromatic rings. The van der Waals surface area contributed by atoms with Crippen LogP contribution in [0.25, 0.3) is 0 Å². The van der Waals surface area contributed by atoms with Gasteiger partial charge in [0.25, 0.3) is 0 Å². The number of esters is 1. The number of carbonyl (C=O) groups excluding carboxylic acids is 2. The minimum Gasteiger partial charge on any atom is -0.465 e. The predicted octanol–water partition coefficient (Wildman–Crippen LogP) is 2.89. The summed E-state index contributed by atoms with van der Waals surface area (Å²) in [6.07, 6.45) is 13.1. The number of terminal acetylenes is 1. The topological polar surface area (TPSA) is 43.4 Å². The highest BCUT2D eigenvalue weighted by Crippen LogP contribution is 2.34. The minimum absolute atomic E-state index is 0.0111. The van der Waals surface area contributed by atoms with Gasteiger partial charge in [-0.1, -0.05) is 19.1 Å². The SMILES string of the molecule is C#CCCOC(=O)CC1CCC(=O)C1C/C=C\CC. The Hall–Kier alpha value is -1.56. The average Bonchev–Trinajstić information content (AvgIpc) is 2.72. The maximum atomic E-state index is 11.8. The molecule has 1 saturated carbocycles. The second kappa shape index (κ2) is 8.53. The average molecular weight is 262 g/mol. The lowest BCUT2D eigenvalue weighted by atomic mass is 9.89. The second-order valence-corrected chi connectivity index (χ2v) is 4.87. The zero-order chi connectivity index (χ0) is 14.1. The first-order chi connectivity index (χ1) is 9.19. The van der Waals surface area contributed by atoms with Crippen LogP contribution in [-0.2, 0) is 14.3 Å². The van der Waals surface area contributed by atoms with Crippen molar-refractivity contribution in [1.29, 1.82) is 0 Å². The third-order valence-electron chi connectivity index (χ3n) is 3.47. The Bertz CT molecular complexity index is 376. The molecule has 0 saturated heterocycles. The van der Waals surface area contributed by atoms with E-state index < -0.39 is 0 Å². The van der Waals surface area contributed by atoms with Gasteiger partial charge in [0.05, 0.1) is 0 Å². The number of hydrogen-bond acceptors (Lipinski definition) is 3. The van der Waals surface area contributed by atoms with E-state index in [-0.39, 0.29) is 30.2 Å². The predicted molar refractivity (Wildman–Crippen MR) is 74.3 cm³/mol. The van der Waals surface area contributed by atoms with E-state index in [1.165, 1.54) is 0 Å². The van der Waals surface area contributed by atoms with Crippen molar-refractivity contribution in [1.82, 2.24) is 0 Å². The molecule has 0 aliphatic heterocycles. The van der Waals surface area contributed by atoms with Crippen molar-refractivity contribution in [2.24, 2.45) is 11.8 Å². The van der Waals surface area contributed by atoms with Gasteiger partial charge in [0, 0.05) is 25.2 Å². The number of Topliss-reactive ketones (excluding diaryl/α,β-unsaturated/α-hetero) is 1. The maximum absolute atomic E-state index is 11.8. The minimum atomic E-state index is -0.237. The van der Waals surface area contributed by atoms with Crippen molar-refractivity contribution < 1.29 is 14.3 Å². The standard InChI is InChI=1S/C16H22O3/c1-3-5-7-8-14-13(9-10-15(14)17)12-16(18)19-11-6-4-2/h2,5,7,13-14H,3,6,8-12H2,1H3/b7-5-. The van der Waals surface area contributed by atoms with E-state index >= 15 is 0 Å². The van der Waals surface area contributed by atoms with Crippen LogP contribution < -0.4 is 0 Å². The van der Waals surface area contributed by atoms with Gasteiger partial charge in [-0.3, -0.25) is 9.59 Å². The molecule has 0 N–H and O–H groups in total. The maximum Gasteiger partial charge on any atom is 0.306 e. The zero-order valence-corrected chi connectivity index (χ0v) is 11.6. The van der Waals surface area contributed by atoms with Crippen LogP contribution in [0.3, 0.4) is 0 Å². The summed E-state index contributed by atoms with van der Waals surface area (Å²) in [5.41, 5.74) is 0. The van der Waals surface area contributed by atoms with Gasteiger partial charge in [-0.15, -0.1) is 12.3 Å². The smallest absolute Gasteiger partial charge is 0.306 e. The number of rotatable bonds is 7. The van der Waals surface area contributed by atoms with Crippen molar-refractivity contribution in [2.45, 2.75) is 45.4 Å². The van der Waals surface area contributed by atoms with Crippen LogP contribution in [0.2, 0.25) is 0 Å². The summed E-state index contributed by atoms with van der Waals surface area (Å²) in [6.45, 7) is 2.34. The van der Waals surface area contributed by atoms with Crippen LogP contribution in [0.15, 0.2) is 12.2 Å². The summed E-state index contributed by atoms with van der Waals surface area (Å²) in [5, 5.41) is 0. The molecule has 2 atom stereocenters. The van der Waals surface area contributed by atoms with Crippen LogP contribution >= 0.6 is 0 Å². The van der Waals surface area contributed by atoms with Gasteiger partial charge >= 0.3 is 5.97 Å². The highest BCUT2D eigenvalue weighted by molar-refractivity contribution is 5.84. The van der Waals surface area contributed by atoms with Gasteiger partial charge < -0.3 is 4.74 Å². The van der Waals surface area contributed by atoms with Crippen molar-refractivity contribution in [3.63, 3.8) is 0 Å². The molecule has 0 radical (unpaired) electrons. The number of carbonyl (C=O) groups is 2. The Balaban J connectivity index is 2.42. The van der Waals surface area contributed by atoms with Crippen molar-refractivity contribution in [3.05, 3.63) is 12.2 Å². The molecule has 0 aromatic heterocycles. The van der Waals surface area contributed by atoms with Crippen molar-refractivity contribution >= 4 is 11.8 Å². The summed E-state index contributed by atoms with van der Waals surface area (Å²) in [6, 6.07) is 0. The van der Waals surface area contributed by atoms with E-state index in [0.29, 0.717) is 19.3 Å². The molecule has 1 aliphatic rings. The van der Waals surface area contributed by atoms with Crippen LogP contribution in [0.1, 0.15) is 45.4 Å². The summed E-state index contributed by atoms with van der Waals surface area (Å²) in [5.74, 6) is 2.59. The fourth-order valence-electron chi connectivity index (χ4n) is 2.45. The quantitative estimate of drug-likeness (QED) is 0.307. The molecule has 0 heterocycles. The van der Waals surface area contributed by atoms with Gasteiger partial charge in [0.15, 0.2) is 0 Å².